The van der Waals surface area contributed by atoms with Crippen LogP contribution in [0.5, 0.6) is 5.75 Å². The largest absolute Gasteiger partial charge is 0.483 e. The summed E-state index contributed by atoms with van der Waals surface area (Å²) >= 11 is 5.95. The number of carbonyl (C=O) groups is 1. The van der Waals surface area contributed by atoms with Gasteiger partial charge in [-0.05, 0) is 54.2 Å². The first-order valence-corrected chi connectivity index (χ1v) is 10.6. The minimum absolute atomic E-state index is 0.0186. The molecule has 154 valence electrons. The lowest BCUT2D eigenvalue weighted by Gasteiger charge is -2.34. The first kappa shape index (κ1) is 20.2. The third kappa shape index (κ3) is 4.92. The SMILES string of the molecule is O=C(COc1cccc2c1CCCC2O)N1CCN(Cc2ccc(Cl)cc2)CC1. The first-order valence-electron chi connectivity index (χ1n) is 10.3. The van der Waals surface area contributed by atoms with Gasteiger partial charge in [-0.3, -0.25) is 9.69 Å². The molecule has 4 rings (SSSR count). The number of amides is 1. The number of aliphatic hydroxyl groups excluding tert-OH is 1. The van der Waals surface area contributed by atoms with Crippen molar-refractivity contribution in [2.24, 2.45) is 0 Å². The number of hydrogen-bond donors (Lipinski definition) is 1. The fourth-order valence-corrected chi connectivity index (χ4v) is 4.29. The molecule has 1 saturated heterocycles. The van der Waals surface area contributed by atoms with E-state index in [9.17, 15) is 9.90 Å². The lowest BCUT2D eigenvalue weighted by Crippen LogP contribution is -2.49. The summed E-state index contributed by atoms with van der Waals surface area (Å²) in [4.78, 5) is 16.9. The number of ether oxygens (including phenoxy) is 1. The van der Waals surface area contributed by atoms with Crippen LogP contribution >= 0.6 is 11.6 Å². The average Bonchev–Trinajstić information content (AvgIpc) is 2.74. The molecule has 0 radical (unpaired) electrons. The molecule has 29 heavy (non-hydrogen) atoms. The van der Waals surface area contributed by atoms with Gasteiger partial charge in [0.05, 0.1) is 6.10 Å². The van der Waals surface area contributed by atoms with Crippen molar-refractivity contribution in [2.75, 3.05) is 32.8 Å². The second-order valence-corrected chi connectivity index (χ2v) is 8.24. The number of carbonyl (C=O) groups excluding carboxylic acids is 1. The number of rotatable bonds is 5. The summed E-state index contributed by atoms with van der Waals surface area (Å²) in [6, 6.07) is 13.7. The summed E-state index contributed by atoms with van der Waals surface area (Å²) in [5, 5.41) is 10.9. The molecule has 1 atom stereocenters. The van der Waals surface area contributed by atoms with Gasteiger partial charge in [0.1, 0.15) is 5.75 Å². The van der Waals surface area contributed by atoms with Crippen molar-refractivity contribution in [2.45, 2.75) is 31.9 Å². The van der Waals surface area contributed by atoms with E-state index in [1.165, 1.54) is 5.56 Å². The Morgan fingerprint density at radius 1 is 1.10 bits per heavy atom. The number of halogens is 1. The van der Waals surface area contributed by atoms with Crippen LogP contribution in [0.15, 0.2) is 42.5 Å². The molecule has 2 aromatic rings. The van der Waals surface area contributed by atoms with Crippen molar-refractivity contribution in [3.63, 3.8) is 0 Å². The Morgan fingerprint density at radius 2 is 1.86 bits per heavy atom. The summed E-state index contributed by atoms with van der Waals surface area (Å²) in [5.74, 6) is 0.751. The molecular weight excluding hydrogens is 388 g/mol. The topological polar surface area (TPSA) is 53.0 Å². The van der Waals surface area contributed by atoms with Gasteiger partial charge < -0.3 is 14.7 Å². The monoisotopic (exact) mass is 414 g/mol. The van der Waals surface area contributed by atoms with Crippen LogP contribution in [0.25, 0.3) is 0 Å². The molecule has 1 aliphatic heterocycles. The summed E-state index contributed by atoms with van der Waals surface area (Å²) in [7, 11) is 0. The van der Waals surface area contributed by atoms with Gasteiger partial charge in [0.25, 0.3) is 5.91 Å². The average molecular weight is 415 g/mol. The molecule has 5 nitrogen and oxygen atoms in total. The van der Waals surface area contributed by atoms with E-state index in [0.29, 0.717) is 13.1 Å². The van der Waals surface area contributed by atoms with Gasteiger partial charge in [-0.15, -0.1) is 0 Å². The lowest BCUT2D eigenvalue weighted by atomic mass is 9.89. The molecule has 0 saturated carbocycles. The molecule has 1 heterocycles. The second-order valence-electron chi connectivity index (χ2n) is 7.80. The van der Waals surface area contributed by atoms with E-state index < -0.39 is 6.10 Å². The number of nitrogens with zero attached hydrogens (tertiary/aromatic N) is 2. The maximum atomic E-state index is 12.6. The molecule has 1 aliphatic carbocycles. The molecule has 2 aromatic carbocycles. The highest BCUT2D eigenvalue weighted by atomic mass is 35.5. The van der Waals surface area contributed by atoms with Gasteiger partial charge in [-0.2, -0.15) is 0 Å². The maximum Gasteiger partial charge on any atom is 0.260 e. The van der Waals surface area contributed by atoms with Crippen LogP contribution in [0, 0.1) is 0 Å². The molecule has 1 fully saturated rings. The highest BCUT2D eigenvalue weighted by Gasteiger charge is 2.24. The van der Waals surface area contributed by atoms with Crippen molar-refractivity contribution < 1.29 is 14.6 Å². The van der Waals surface area contributed by atoms with Crippen LogP contribution in [0.2, 0.25) is 5.02 Å². The van der Waals surface area contributed by atoms with Gasteiger partial charge in [0, 0.05) is 37.7 Å². The molecule has 2 aliphatic rings. The van der Waals surface area contributed by atoms with Gasteiger partial charge in [0.2, 0.25) is 0 Å². The van der Waals surface area contributed by atoms with Crippen molar-refractivity contribution in [1.82, 2.24) is 9.80 Å². The normalized spacial score (nSPS) is 19.7. The van der Waals surface area contributed by atoms with E-state index >= 15 is 0 Å². The molecule has 0 spiro atoms. The highest BCUT2D eigenvalue weighted by molar-refractivity contribution is 6.30. The zero-order chi connectivity index (χ0) is 20.2. The highest BCUT2D eigenvalue weighted by Crippen LogP contribution is 2.35. The zero-order valence-electron chi connectivity index (χ0n) is 16.5. The number of fused-ring (bicyclic) bond motifs is 1. The predicted octanol–water partition coefficient (Wildman–Crippen LogP) is 3.43. The number of benzene rings is 2. The first-order chi connectivity index (χ1) is 14.1. The predicted molar refractivity (Wildman–Crippen MR) is 113 cm³/mol. The van der Waals surface area contributed by atoms with Crippen molar-refractivity contribution in [3.05, 3.63) is 64.2 Å². The molecule has 0 bridgehead atoms. The van der Waals surface area contributed by atoms with Crippen LogP contribution in [-0.4, -0.2) is 53.6 Å². The summed E-state index contributed by atoms with van der Waals surface area (Å²) in [6.45, 7) is 4.03. The second kappa shape index (κ2) is 9.16. The fraction of sp³-hybridized carbons (Fsp3) is 0.435. The molecule has 0 aromatic heterocycles. The maximum absolute atomic E-state index is 12.6. The summed E-state index contributed by atoms with van der Waals surface area (Å²) in [5.41, 5.74) is 3.22. The van der Waals surface area contributed by atoms with E-state index in [1.54, 1.807) is 0 Å². The molecule has 1 N–H and O–H groups in total. The van der Waals surface area contributed by atoms with Crippen molar-refractivity contribution in [1.29, 1.82) is 0 Å². The van der Waals surface area contributed by atoms with Gasteiger partial charge >= 0.3 is 0 Å². The number of hydrogen-bond acceptors (Lipinski definition) is 4. The number of aliphatic hydroxyl groups is 1. The van der Waals surface area contributed by atoms with E-state index in [-0.39, 0.29) is 12.5 Å². The van der Waals surface area contributed by atoms with Crippen LogP contribution in [0.4, 0.5) is 0 Å². The van der Waals surface area contributed by atoms with Crippen molar-refractivity contribution >= 4 is 17.5 Å². The number of piperazine rings is 1. The smallest absolute Gasteiger partial charge is 0.260 e. The van der Waals surface area contributed by atoms with E-state index in [4.69, 9.17) is 16.3 Å². The van der Waals surface area contributed by atoms with Crippen molar-refractivity contribution in [3.8, 4) is 5.75 Å². The molecule has 6 heteroatoms. The Hall–Kier alpha value is -2.08. The van der Waals surface area contributed by atoms with E-state index in [2.05, 4.69) is 4.90 Å². The standard InChI is InChI=1S/C23H27ClN2O3/c24-18-9-7-17(8-10-18)15-25-11-13-26(14-12-25)23(28)16-29-22-6-2-3-19-20(22)4-1-5-21(19)27/h2-3,6-10,21,27H,1,4-5,11-16H2. The molecule has 1 unspecified atom stereocenters. The third-order valence-electron chi connectivity index (χ3n) is 5.83. The Labute approximate surface area is 176 Å². The van der Waals surface area contributed by atoms with Gasteiger partial charge in [-0.1, -0.05) is 35.9 Å². The van der Waals surface area contributed by atoms with Gasteiger partial charge in [0.15, 0.2) is 6.61 Å². The van der Waals surface area contributed by atoms with Crippen LogP contribution < -0.4 is 4.74 Å². The Morgan fingerprint density at radius 3 is 2.62 bits per heavy atom. The minimum Gasteiger partial charge on any atom is -0.483 e. The third-order valence-corrected chi connectivity index (χ3v) is 6.08. The molecule has 1 amide bonds. The molecular formula is C23H27ClN2O3. The quantitative estimate of drug-likeness (QED) is 0.814. The van der Waals surface area contributed by atoms with E-state index in [1.807, 2.05) is 47.4 Å². The Kier molecular flexibility index (Phi) is 6.38. The Balaban J connectivity index is 1.27. The van der Waals surface area contributed by atoms with Crippen LogP contribution in [0.3, 0.4) is 0 Å². The zero-order valence-corrected chi connectivity index (χ0v) is 17.3. The summed E-state index contributed by atoms with van der Waals surface area (Å²) < 4.78 is 5.87. The fourth-order valence-electron chi connectivity index (χ4n) is 4.16. The Bertz CT molecular complexity index is 848. The van der Waals surface area contributed by atoms with E-state index in [0.717, 1.165) is 60.8 Å². The van der Waals surface area contributed by atoms with Crippen LogP contribution in [0.1, 0.15) is 35.6 Å². The van der Waals surface area contributed by atoms with Gasteiger partial charge in [-0.25, -0.2) is 0 Å². The minimum atomic E-state index is -0.424. The van der Waals surface area contributed by atoms with Crippen LogP contribution in [-0.2, 0) is 17.8 Å². The lowest BCUT2D eigenvalue weighted by molar-refractivity contribution is -0.135. The summed E-state index contributed by atoms with van der Waals surface area (Å²) in [6.07, 6.45) is 2.19.